The van der Waals surface area contributed by atoms with E-state index in [4.69, 9.17) is 0 Å². The number of allylic oxidation sites excluding steroid dienone is 6. The van der Waals surface area contributed by atoms with Gasteiger partial charge in [0.15, 0.2) is 0 Å². The normalized spacial score (nSPS) is 12.4. The van der Waals surface area contributed by atoms with Crippen molar-refractivity contribution in [1.82, 2.24) is 0 Å². The summed E-state index contributed by atoms with van der Waals surface area (Å²) in [5.74, 6) is 0. The van der Waals surface area contributed by atoms with Crippen LogP contribution in [0.25, 0.3) is 0 Å². The Bertz CT molecular complexity index is 178. The Morgan fingerprint density at radius 2 is 1.43 bits per heavy atom. The van der Waals surface area contributed by atoms with Gasteiger partial charge in [-0.3, -0.25) is 0 Å². The molecule has 0 nitrogen and oxygen atoms in total. The third kappa shape index (κ3) is 11.7. The molecule has 0 fully saturated rings. The summed E-state index contributed by atoms with van der Waals surface area (Å²) >= 11 is 3.35. The van der Waals surface area contributed by atoms with Gasteiger partial charge in [-0.25, -0.2) is 0 Å². The van der Waals surface area contributed by atoms with E-state index < -0.39 is 0 Å². The van der Waals surface area contributed by atoms with Gasteiger partial charge in [-0.1, -0.05) is 72.2 Å². The molecule has 0 heterocycles. The number of rotatable bonds is 8. The van der Waals surface area contributed by atoms with Crippen molar-refractivity contribution in [1.29, 1.82) is 0 Å². The Labute approximate surface area is 96.9 Å². The highest BCUT2D eigenvalue weighted by molar-refractivity contribution is 9.09. The van der Waals surface area contributed by atoms with Crippen LogP contribution in [0, 0.1) is 0 Å². The van der Waals surface area contributed by atoms with E-state index in [0.29, 0.717) is 0 Å². The molecule has 0 bridgehead atoms. The van der Waals surface area contributed by atoms with Crippen molar-refractivity contribution in [3.63, 3.8) is 0 Å². The van der Waals surface area contributed by atoms with Gasteiger partial charge in [0.2, 0.25) is 0 Å². The van der Waals surface area contributed by atoms with Crippen molar-refractivity contribution in [3.8, 4) is 0 Å². The average Bonchev–Trinajstić information content (AvgIpc) is 2.21. The van der Waals surface area contributed by atoms with Crippen LogP contribution in [-0.4, -0.2) is 5.33 Å². The van der Waals surface area contributed by atoms with Gasteiger partial charge in [-0.05, 0) is 19.3 Å². The molecule has 1 heteroatoms. The molecule has 0 aliphatic rings. The molecule has 14 heavy (non-hydrogen) atoms. The molecule has 0 atom stereocenters. The summed E-state index contributed by atoms with van der Waals surface area (Å²) in [6.07, 6.45) is 19.2. The Morgan fingerprint density at radius 1 is 0.857 bits per heavy atom. The fourth-order valence-electron chi connectivity index (χ4n) is 1.04. The van der Waals surface area contributed by atoms with Gasteiger partial charge in [-0.2, -0.15) is 0 Å². The van der Waals surface area contributed by atoms with Crippen molar-refractivity contribution in [3.05, 3.63) is 36.5 Å². The minimum absolute atomic E-state index is 0.956. The predicted octanol–water partition coefficient (Wildman–Crippen LogP) is 5.02. The number of unbranched alkanes of at least 4 members (excludes halogenated alkanes) is 2. The van der Waals surface area contributed by atoms with E-state index in [1.54, 1.807) is 0 Å². The second kappa shape index (κ2) is 12.7. The van der Waals surface area contributed by atoms with Crippen LogP contribution in [0.2, 0.25) is 0 Å². The van der Waals surface area contributed by atoms with Crippen LogP contribution in [0.4, 0.5) is 0 Å². The molecule has 0 saturated heterocycles. The van der Waals surface area contributed by atoms with E-state index in [9.17, 15) is 0 Å². The van der Waals surface area contributed by atoms with Crippen molar-refractivity contribution < 1.29 is 0 Å². The molecule has 0 aromatic carbocycles. The number of hydrogen-bond donors (Lipinski definition) is 0. The summed E-state index contributed by atoms with van der Waals surface area (Å²) in [6.45, 7) is 2.23. The summed E-state index contributed by atoms with van der Waals surface area (Å²) in [7, 11) is 0. The van der Waals surface area contributed by atoms with Crippen LogP contribution < -0.4 is 0 Å². The Morgan fingerprint density at radius 3 is 2.00 bits per heavy atom. The first-order chi connectivity index (χ1) is 6.91. The summed E-state index contributed by atoms with van der Waals surface area (Å²) in [5, 5.41) is 0.956. The molecule has 0 aromatic rings. The van der Waals surface area contributed by atoms with E-state index in [1.165, 1.54) is 19.3 Å². The van der Waals surface area contributed by atoms with E-state index in [0.717, 1.165) is 18.2 Å². The molecule has 0 N–H and O–H groups in total. The number of hydrogen-bond acceptors (Lipinski definition) is 0. The lowest BCUT2D eigenvalue weighted by atomic mass is 10.2. The lowest BCUT2D eigenvalue weighted by molar-refractivity contribution is 0.813. The van der Waals surface area contributed by atoms with Gasteiger partial charge in [0.25, 0.3) is 0 Å². The molecule has 0 radical (unpaired) electrons. The number of alkyl halides is 1. The van der Waals surface area contributed by atoms with Crippen LogP contribution >= 0.6 is 15.9 Å². The van der Waals surface area contributed by atoms with Gasteiger partial charge in [-0.15, -0.1) is 0 Å². The summed E-state index contributed by atoms with van der Waals surface area (Å²) in [6, 6.07) is 0. The maximum atomic E-state index is 3.35. The van der Waals surface area contributed by atoms with Crippen LogP contribution in [0.3, 0.4) is 0 Å². The van der Waals surface area contributed by atoms with Crippen LogP contribution in [0.1, 0.15) is 39.0 Å². The third-order valence-electron chi connectivity index (χ3n) is 1.86. The van der Waals surface area contributed by atoms with Crippen LogP contribution in [-0.2, 0) is 0 Å². The molecule has 0 unspecified atom stereocenters. The Hall–Kier alpha value is -0.300. The largest absolute Gasteiger partial charge is 0.0883 e. The molecule has 0 rings (SSSR count). The summed E-state index contributed by atoms with van der Waals surface area (Å²) < 4.78 is 0. The first kappa shape index (κ1) is 13.7. The molecule has 0 amide bonds. The van der Waals surface area contributed by atoms with Gasteiger partial charge < -0.3 is 0 Å². The van der Waals surface area contributed by atoms with Crippen molar-refractivity contribution in [2.75, 3.05) is 5.33 Å². The zero-order valence-electron chi connectivity index (χ0n) is 9.08. The summed E-state index contributed by atoms with van der Waals surface area (Å²) in [5.41, 5.74) is 0. The Balaban J connectivity index is 3.25. The van der Waals surface area contributed by atoms with Gasteiger partial charge >= 0.3 is 0 Å². The molecule has 0 aliphatic heterocycles. The standard InChI is InChI=1S/C13H21Br/c1-2-3-4-5-6-7-8-9-10-11-12-13-14/h5-6,8-9,11-12H,2-4,7,10,13H2,1H3. The SMILES string of the molecule is CCCCC=CCC=CCC=CCBr. The lowest BCUT2D eigenvalue weighted by Crippen LogP contribution is -1.67. The molecular formula is C13H21Br. The minimum atomic E-state index is 0.956. The smallest absolute Gasteiger partial charge is 0.0212 e. The fourth-order valence-corrected chi connectivity index (χ4v) is 1.31. The monoisotopic (exact) mass is 256 g/mol. The van der Waals surface area contributed by atoms with E-state index in [1.807, 2.05) is 0 Å². The highest BCUT2D eigenvalue weighted by Gasteiger charge is 1.77. The van der Waals surface area contributed by atoms with Gasteiger partial charge in [0.1, 0.15) is 0 Å². The first-order valence-corrected chi connectivity index (χ1v) is 6.55. The maximum absolute atomic E-state index is 3.35. The zero-order valence-corrected chi connectivity index (χ0v) is 10.7. The molecule has 0 aliphatic carbocycles. The molecule has 0 saturated carbocycles. The molecule has 0 spiro atoms. The van der Waals surface area contributed by atoms with E-state index >= 15 is 0 Å². The van der Waals surface area contributed by atoms with Gasteiger partial charge in [0, 0.05) is 5.33 Å². The van der Waals surface area contributed by atoms with E-state index in [-0.39, 0.29) is 0 Å². The topological polar surface area (TPSA) is 0 Å². The maximum Gasteiger partial charge on any atom is 0.0212 e. The quantitative estimate of drug-likeness (QED) is 0.325. The molecule has 80 valence electrons. The van der Waals surface area contributed by atoms with Crippen molar-refractivity contribution in [2.45, 2.75) is 39.0 Å². The average molecular weight is 257 g/mol. The predicted molar refractivity (Wildman–Crippen MR) is 70.0 cm³/mol. The van der Waals surface area contributed by atoms with Crippen molar-refractivity contribution >= 4 is 15.9 Å². The highest BCUT2D eigenvalue weighted by Crippen LogP contribution is 1.97. The number of halogens is 1. The fraction of sp³-hybridized carbons (Fsp3) is 0.538. The molecule has 0 aromatic heterocycles. The molecular weight excluding hydrogens is 236 g/mol. The zero-order chi connectivity index (χ0) is 10.5. The lowest BCUT2D eigenvalue weighted by Gasteiger charge is -1.87. The van der Waals surface area contributed by atoms with E-state index in [2.05, 4.69) is 59.3 Å². The Kier molecular flexibility index (Phi) is 12.4. The van der Waals surface area contributed by atoms with Crippen molar-refractivity contribution in [2.24, 2.45) is 0 Å². The highest BCUT2D eigenvalue weighted by atomic mass is 79.9. The van der Waals surface area contributed by atoms with Crippen LogP contribution in [0.15, 0.2) is 36.5 Å². The third-order valence-corrected chi connectivity index (χ3v) is 2.23. The summed E-state index contributed by atoms with van der Waals surface area (Å²) in [4.78, 5) is 0. The van der Waals surface area contributed by atoms with Gasteiger partial charge in [0.05, 0.1) is 0 Å². The van der Waals surface area contributed by atoms with Crippen LogP contribution in [0.5, 0.6) is 0 Å². The second-order valence-electron chi connectivity index (χ2n) is 3.18. The second-order valence-corrected chi connectivity index (χ2v) is 3.83. The first-order valence-electron chi connectivity index (χ1n) is 5.42. The minimum Gasteiger partial charge on any atom is -0.0883 e.